The third-order valence-corrected chi connectivity index (χ3v) is 9.45. The van der Waals surface area contributed by atoms with Gasteiger partial charge in [-0.1, -0.05) is 25.8 Å². The summed E-state index contributed by atoms with van der Waals surface area (Å²) in [5.74, 6) is 5.51. The van der Waals surface area contributed by atoms with E-state index in [1.807, 2.05) is 27.0 Å². The van der Waals surface area contributed by atoms with E-state index in [4.69, 9.17) is 4.74 Å². The summed E-state index contributed by atoms with van der Waals surface area (Å²) in [5, 5.41) is 23.2. The third kappa shape index (κ3) is 3.83. The van der Waals surface area contributed by atoms with E-state index >= 15 is 0 Å². The Morgan fingerprint density at radius 1 is 1.20 bits per heavy atom. The molecule has 2 N–H and O–H groups in total. The van der Waals surface area contributed by atoms with Crippen LogP contribution in [0.4, 0.5) is 13.2 Å². The monoisotopic (exact) mass is 554 g/mol. The Kier molecular flexibility index (Phi) is 6.17. The summed E-state index contributed by atoms with van der Waals surface area (Å²) < 4.78 is 45.4. The number of phenolic OH excluding ortho intramolecular Hbond substituents is 1. The van der Waals surface area contributed by atoms with Crippen molar-refractivity contribution in [2.24, 2.45) is 5.92 Å². The Balaban J connectivity index is 1.38. The molecular formula is C31H33F3N2O4. The van der Waals surface area contributed by atoms with Gasteiger partial charge in [-0.3, -0.25) is 4.79 Å². The Bertz CT molecular complexity index is 1410. The fraction of sp³-hybridized carbons (Fsp3) is 0.516. The molecule has 2 aliphatic carbocycles. The Labute approximate surface area is 231 Å². The highest BCUT2D eigenvalue weighted by molar-refractivity contribution is 5.94. The number of ether oxygens (including phenoxy) is 1. The van der Waals surface area contributed by atoms with Crippen molar-refractivity contribution in [1.29, 1.82) is 0 Å². The lowest BCUT2D eigenvalue weighted by atomic mass is 9.48. The summed E-state index contributed by atoms with van der Waals surface area (Å²) in [6, 6.07) is 7.48. The number of amides is 1. The van der Waals surface area contributed by atoms with E-state index in [-0.39, 0.29) is 17.7 Å². The van der Waals surface area contributed by atoms with Crippen molar-refractivity contribution in [3.05, 3.63) is 58.7 Å². The van der Waals surface area contributed by atoms with Gasteiger partial charge in [0.1, 0.15) is 6.10 Å². The van der Waals surface area contributed by atoms with Crippen molar-refractivity contribution in [2.45, 2.75) is 74.9 Å². The molecule has 6 nitrogen and oxygen atoms in total. The minimum absolute atomic E-state index is 0.0323. The molecule has 2 aromatic rings. The van der Waals surface area contributed by atoms with Gasteiger partial charge in [-0.2, -0.15) is 13.2 Å². The highest BCUT2D eigenvalue weighted by Crippen LogP contribution is 2.65. The van der Waals surface area contributed by atoms with Gasteiger partial charge in [0.2, 0.25) is 0 Å². The molecule has 6 rings (SSSR count). The van der Waals surface area contributed by atoms with Crippen LogP contribution >= 0.6 is 0 Å². The number of carbonyl (C=O) groups excluding carboxylic acids is 1. The van der Waals surface area contributed by atoms with Crippen LogP contribution in [0.3, 0.4) is 0 Å². The van der Waals surface area contributed by atoms with Gasteiger partial charge >= 0.3 is 6.18 Å². The molecule has 0 radical (unpaired) electrons. The summed E-state index contributed by atoms with van der Waals surface area (Å²) in [5.41, 5.74) is -0.379. The number of aromatic hydroxyl groups is 1. The number of phenols is 1. The van der Waals surface area contributed by atoms with Crippen molar-refractivity contribution in [2.75, 3.05) is 20.1 Å². The van der Waals surface area contributed by atoms with Gasteiger partial charge < -0.3 is 24.7 Å². The first-order valence-electron chi connectivity index (χ1n) is 13.8. The largest absolute Gasteiger partial charge is 0.504 e. The van der Waals surface area contributed by atoms with Crippen molar-refractivity contribution in [3.8, 4) is 23.3 Å². The molecule has 1 saturated carbocycles. The topological polar surface area (TPSA) is 73.2 Å². The lowest BCUT2D eigenvalue weighted by molar-refractivity contribution is -0.197. The molecule has 2 aromatic carbocycles. The molecular weight excluding hydrogens is 521 g/mol. The first kappa shape index (κ1) is 27.0. The van der Waals surface area contributed by atoms with E-state index < -0.39 is 40.8 Å². The molecule has 2 heterocycles. The first-order chi connectivity index (χ1) is 18.9. The van der Waals surface area contributed by atoms with Crippen LogP contribution in [0.25, 0.3) is 0 Å². The minimum atomic E-state index is -4.45. The molecule has 5 atom stereocenters. The third-order valence-electron chi connectivity index (χ3n) is 9.45. The molecule has 0 aromatic heterocycles. The molecule has 9 heteroatoms. The van der Waals surface area contributed by atoms with Crippen molar-refractivity contribution < 1.29 is 32.9 Å². The number of hydrogen-bond acceptors (Lipinski definition) is 5. The van der Waals surface area contributed by atoms with Gasteiger partial charge in [-0.25, -0.2) is 0 Å². The average Bonchev–Trinajstić information content (AvgIpc) is 3.25. The number of likely N-dealkylation sites (N-methyl/N-ethyl adjacent to an activating group) is 1. The zero-order valence-electron chi connectivity index (χ0n) is 22.8. The second-order valence-electron chi connectivity index (χ2n) is 12.1. The summed E-state index contributed by atoms with van der Waals surface area (Å²) in [6.45, 7) is 5.15. The summed E-state index contributed by atoms with van der Waals surface area (Å²) in [7, 11) is 2.03. The molecule has 0 unspecified atom stereocenters. The fourth-order valence-corrected chi connectivity index (χ4v) is 7.75. The Morgan fingerprint density at radius 2 is 1.93 bits per heavy atom. The van der Waals surface area contributed by atoms with Crippen LogP contribution in [0.2, 0.25) is 0 Å². The highest BCUT2D eigenvalue weighted by atomic mass is 19.4. The number of carbonyl (C=O) groups is 1. The number of likely N-dealkylation sites (tertiary alicyclic amines) is 1. The van der Waals surface area contributed by atoms with E-state index in [9.17, 15) is 28.2 Å². The maximum atomic E-state index is 13.7. The summed E-state index contributed by atoms with van der Waals surface area (Å²) >= 11 is 0. The number of hydrogen-bond donors (Lipinski definition) is 2. The maximum absolute atomic E-state index is 13.7. The molecule has 1 saturated heterocycles. The predicted octanol–water partition coefficient (Wildman–Crippen LogP) is 4.10. The van der Waals surface area contributed by atoms with Gasteiger partial charge in [-0.15, -0.1) is 0 Å². The average molecular weight is 555 g/mol. The summed E-state index contributed by atoms with van der Waals surface area (Å²) in [6.07, 6.45) is -2.77. The standard InChI is InChI=1S/C31H33F3N2O4/c1-18(2)17-36(25(38)11-6-19-4-8-21(9-5-19)31(32,33)34)22-12-13-30(39)24-16-20-7-10-23(37)27-26(20)29(30,28(22)40-27)14-15-35(24)3/h4-5,7-10,18,22,24,28,37,39H,12-17H2,1-3H3/t22-,24-,28+,29+,30-/m1/s1. The molecule has 40 heavy (non-hydrogen) atoms. The van der Waals surface area contributed by atoms with Crippen LogP contribution in [-0.2, 0) is 22.8 Å². The number of alkyl halides is 3. The van der Waals surface area contributed by atoms with Gasteiger partial charge in [0.05, 0.1) is 22.6 Å². The molecule has 2 bridgehead atoms. The number of benzene rings is 2. The SMILES string of the molecule is CC(C)CN(C(=O)C#Cc1ccc(C(F)(F)F)cc1)[C@@H]1CC[C@@]2(O)[C@H]3Cc4ccc(O)c5c4[C@@]2(CCN3C)[C@H]1O5. The second-order valence-corrected chi connectivity index (χ2v) is 12.1. The quantitative estimate of drug-likeness (QED) is 0.560. The lowest BCUT2D eigenvalue weighted by Crippen LogP contribution is -2.78. The van der Waals surface area contributed by atoms with Crippen LogP contribution in [0.15, 0.2) is 36.4 Å². The van der Waals surface area contributed by atoms with Gasteiger partial charge in [0, 0.05) is 29.6 Å². The van der Waals surface area contributed by atoms with Gasteiger partial charge in [0.25, 0.3) is 5.91 Å². The van der Waals surface area contributed by atoms with Crippen molar-refractivity contribution in [1.82, 2.24) is 9.80 Å². The van der Waals surface area contributed by atoms with Crippen LogP contribution in [0.1, 0.15) is 55.4 Å². The molecule has 1 amide bonds. The van der Waals surface area contributed by atoms with Crippen molar-refractivity contribution >= 4 is 5.91 Å². The number of nitrogens with zero attached hydrogens (tertiary/aromatic N) is 2. The fourth-order valence-electron chi connectivity index (χ4n) is 7.75. The molecule has 2 aliphatic heterocycles. The molecule has 1 spiro atoms. The minimum Gasteiger partial charge on any atom is -0.504 e. The Morgan fingerprint density at radius 3 is 2.60 bits per heavy atom. The van der Waals surface area contributed by atoms with E-state index in [2.05, 4.69) is 16.7 Å². The Hall–Kier alpha value is -3.22. The number of piperidine rings is 1. The predicted molar refractivity (Wildman–Crippen MR) is 142 cm³/mol. The number of aliphatic hydroxyl groups is 1. The van der Waals surface area contributed by atoms with Crippen LogP contribution < -0.4 is 4.74 Å². The summed E-state index contributed by atoms with van der Waals surface area (Å²) in [4.78, 5) is 17.6. The smallest absolute Gasteiger partial charge is 0.416 e. The highest BCUT2D eigenvalue weighted by Gasteiger charge is 2.73. The lowest BCUT2D eigenvalue weighted by Gasteiger charge is -2.64. The van der Waals surface area contributed by atoms with E-state index in [0.717, 1.165) is 29.8 Å². The van der Waals surface area contributed by atoms with E-state index in [0.29, 0.717) is 43.5 Å². The van der Waals surface area contributed by atoms with Crippen molar-refractivity contribution in [3.63, 3.8) is 0 Å². The zero-order valence-corrected chi connectivity index (χ0v) is 22.8. The van der Waals surface area contributed by atoms with Crippen LogP contribution in [0, 0.1) is 17.8 Å². The number of rotatable bonds is 3. The van der Waals surface area contributed by atoms with Gasteiger partial charge in [0.15, 0.2) is 11.5 Å². The first-order valence-corrected chi connectivity index (χ1v) is 13.8. The normalized spacial score (nSPS) is 30.2. The van der Waals surface area contributed by atoms with E-state index in [1.54, 1.807) is 11.0 Å². The molecule has 2 fully saturated rings. The van der Waals surface area contributed by atoms with E-state index in [1.165, 1.54) is 12.1 Å². The van der Waals surface area contributed by atoms with Crippen LogP contribution in [-0.4, -0.2) is 69.8 Å². The molecule has 4 aliphatic rings. The number of halogens is 3. The second kappa shape index (κ2) is 9.15. The van der Waals surface area contributed by atoms with Gasteiger partial charge in [-0.05, 0) is 81.1 Å². The molecule has 212 valence electrons. The maximum Gasteiger partial charge on any atom is 0.416 e. The zero-order chi connectivity index (χ0) is 28.6. The van der Waals surface area contributed by atoms with Crippen LogP contribution in [0.5, 0.6) is 11.5 Å².